The largest absolute Gasteiger partial charge is 0.504 e. The molecule has 1 aromatic carbocycles. The van der Waals surface area contributed by atoms with E-state index >= 15 is 0 Å². The van der Waals surface area contributed by atoms with E-state index in [4.69, 9.17) is 5.11 Å². The summed E-state index contributed by atoms with van der Waals surface area (Å²) in [5, 5.41) is 27.9. The number of carboxylic acid groups (broad SMARTS) is 1. The molecule has 1 heterocycles. The maximum atomic E-state index is 12.1. The van der Waals surface area contributed by atoms with Gasteiger partial charge in [-0.05, 0) is 25.0 Å². The summed E-state index contributed by atoms with van der Waals surface area (Å²) in [4.78, 5) is 24.3. The number of hydrogen-bond acceptors (Lipinski definition) is 4. The highest BCUT2D eigenvalue weighted by atomic mass is 16.4. The van der Waals surface area contributed by atoms with Crippen LogP contribution in [0.4, 0.5) is 0 Å². The van der Waals surface area contributed by atoms with Gasteiger partial charge in [0.05, 0.1) is 5.56 Å². The van der Waals surface area contributed by atoms with E-state index in [0.29, 0.717) is 19.4 Å². The Balaban J connectivity index is 2.31. The van der Waals surface area contributed by atoms with Crippen molar-refractivity contribution in [3.05, 3.63) is 23.8 Å². The summed E-state index contributed by atoms with van der Waals surface area (Å²) >= 11 is 0. The van der Waals surface area contributed by atoms with Crippen molar-refractivity contribution in [1.29, 1.82) is 0 Å². The van der Waals surface area contributed by atoms with Gasteiger partial charge >= 0.3 is 5.97 Å². The van der Waals surface area contributed by atoms with Crippen molar-refractivity contribution in [2.24, 2.45) is 0 Å². The monoisotopic (exact) mass is 251 g/mol. The van der Waals surface area contributed by atoms with Gasteiger partial charge in [-0.15, -0.1) is 0 Å². The van der Waals surface area contributed by atoms with E-state index in [1.807, 2.05) is 0 Å². The van der Waals surface area contributed by atoms with E-state index in [2.05, 4.69) is 0 Å². The fourth-order valence-corrected chi connectivity index (χ4v) is 2.13. The van der Waals surface area contributed by atoms with Gasteiger partial charge in [0.25, 0.3) is 5.91 Å². The standard InChI is InChI=1S/C12H13NO5/c14-9-5-1-3-7(10(9)15)11(16)13-6-2-4-8(13)12(17)18/h1,3,5,8,14-15H,2,4,6H2,(H,17,18)/t8-/m1/s1. The van der Waals surface area contributed by atoms with Crippen LogP contribution in [0, 0.1) is 0 Å². The molecule has 96 valence electrons. The molecule has 6 heteroatoms. The summed E-state index contributed by atoms with van der Waals surface area (Å²) in [7, 11) is 0. The van der Waals surface area contributed by atoms with Crippen molar-refractivity contribution in [2.45, 2.75) is 18.9 Å². The second kappa shape index (κ2) is 4.56. The molecule has 1 amide bonds. The van der Waals surface area contributed by atoms with Gasteiger partial charge in [-0.3, -0.25) is 4.79 Å². The van der Waals surface area contributed by atoms with E-state index in [0.717, 1.165) is 0 Å². The Kier molecular flexibility index (Phi) is 3.10. The number of likely N-dealkylation sites (tertiary alicyclic amines) is 1. The third kappa shape index (κ3) is 1.97. The first-order valence-corrected chi connectivity index (χ1v) is 5.57. The predicted molar refractivity (Wildman–Crippen MR) is 61.5 cm³/mol. The molecule has 1 aromatic rings. The molecule has 0 aromatic heterocycles. The lowest BCUT2D eigenvalue weighted by Gasteiger charge is -2.21. The summed E-state index contributed by atoms with van der Waals surface area (Å²) in [5.41, 5.74) is -0.0804. The fraction of sp³-hybridized carbons (Fsp3) is 0.333. The van der Waals surface area contributed by atoms with Gasteiger partial charge in [0, 0.05) is 6.54 Å². The number of amides is 1. The Morgan fingerprint density at radius 3 is 2.67 bits per heavy atom. The minimum absolute atomic E-state index is 0.0804. The molecular formula is C12H13NO5. The third-order valence-corrected chi connectivity index (χ3v) is 3.04. The molecular weight excluding hydrogens is 238 g/mol. The molecule has 2 rings (SSSR count). The number of carbonyl (C=O) groups is 2. The molecule has 3 N–H and O–H groups in total. The highest BCUT2D eigenvalue weighted by molar-refractivity contribution is 5.99. The van der Waals surface area contributed by atoms with Gasteiger partial charge in [0.2, 0.25) is 0 Å². The van der Waals surface area contributed by atoms with Gasteiger partial charge in [0.1, 0.15) is 6.04 Å². The van der Waals surface area contributed by atoms with Crippen LogP contribution in [0.3, 0.4) is 0 Å². The van der Waals surface area contributed by atoms with Crippen LogP contribution < -0.4 is 0 Å². The number of aromatic hydroxyl groups is 2. The van der Waals surface area contributed by atoms with Crippen molar-refractivity contribution in [3.63, 3.8) is 0 Å². The highest BCUT2D eigenvalue weighted by Gasteiger charge is 2.35. The zero-order chi connectivity index (χ0) is 13.3. The van der Waals surface area contributed by atoms with Crippen LogP contribution >= 0.6 is 0 Å². The Bertz CT molecular complexity index is 499. The molecule has 1 fully saturated rings. The molecule has 0 unspecified atom stereocenters. The molecule has 1 saturated heterocycles. The Labute approximate surface area is 103 Å². The average molecular weight is 251 g/mol. The van der Waals surface area contributed by atoms with Crippen molar-refractivity contribution in [2.75, 3.05) is 6.54 Å². The van der Waals surface area contributed by atoms with E-state index < -0.39 is 29.4 Å². The minimum Gasteiger partial charge on any atom is -0.504 e. The molecule has 1 aliphatic rings. The normalized spacial score (nSPS) is 18.9. The van der Waals surface area contributed by atoms with E-state index in [9.17, 15) is 19.8 Å². The first-order valence-electron chi connectivity index (χ1n) is 5.57. The van der Waals surface area contributed by atoms with Gasteiger partial charge in [-0.1, -0.05) is 6.07 Å². The van der Waals surface area contributed by atoms with Crippen molar-refractivity contribution in [1.82, 2.24) is 4.90 Å². The van der Waals surface area contributed by atoms with Crippen molar-refractivity contribution < 1.29 is 24.9 Å². The second-order valence-corrected chi connectivity index (χ2v) is 4.17. The Hall–Kier alpha value is -2.24. The Morgan fingerprint density at radius 1 is 1.28 bits per heavy atom. The molecule has 0 saturated carbocycles. The summed E-state index contributed by atoms with van der Waals surface area (Å²) in [6.07, 6.45) is 1.02. The van der Waals surface area contributed by atoms with E-state index in [1.54, 1.807) is 0 Å². The number of para-hydroxylation sites is 1. The first-order chi connectivity index (χ1) is 8.52. The fourth-order valence-electron chi connectivity index (χ4n) is 2.13. The average Bonchev–Trinajstić information content (AvgIpc) is 2.81. The van der Waals surface area contributed by atoms with Crippen LogP contribution in [-0.4, -0.2) is 44.7 Å². The van der Waals surface area contributed by atoms with Crippen LogP contribution in [0.25, 0.3) is 0 Å². The zero-order valence-corrected chi connectivity index (χ0v) is 9.54. The smallest absolute Gasteiger partial charge is 0.326 e. The summed E-state index contributed by atoms with van der Waals surface area (Å²) in [5.74, 6) is -2.54. The van der Waals surface area contributed by atoms with Crippen molar-refractivity contribution >= 4 is 11.9 Å². The van der Waals surface area contributed by atoms with E-state index in [-0.39, 0.29) is 5.56 Å². The zero-order valence-electron chi connectivity index (χ0n) is 9.54. The number of phenols is 2. The number of phenolic OH excluding ortho intramolecular Hbond substituents is 2. The number of benzene rings is 1. The van der Waals surface area contributed by atoms with Crippen LogP contribution in [0.2, 0.25) is 0 Å². The molecule has 6 nitrogen and oxygen atoms in total. The molecule has 1 atom stereocenters. The minimum atomic E-state index is -1.06. The SMILES string of the molecule is O=C(O)[C@H]1CCCN1C(=O)c1cccc(O)c1O. The second-order valence-electron chi connectivity index (χ2n) is 4.17. The number of nitrogens with zero attached hydrogens (tertiary/aromatic N) is 1. The predicted octanol–water partition coefficient (Wildman–Crippen LogP) is 0.787. The lowest BCUT2D eigenvalue weighted by molar-refractivity contribution is -0.141. The van der Waals surface area contributed by atoms with Gasteiger partial charge in [-0.2, -0.15) is 0 Å². The number of carbonyl (C=O) groups excluding carboxylic acids is 1. The van der Waals surface area contributed by atoms with Crippen LogP contribution in [-0.2, 0) is 4.79 Å². The first kappa shape index (κ1) is 12.2. The quantitative estimate of drug-likeness (QED) is 0.675. The molecule has 0 aliphatic carbocycles. The van der Waals surface area contributed by atoms with Gasteiger partial charge in [-0.25, -0.2) is 4.79 Å². The molecule has 1 aliphatic heterocycles. The maximum absolute atomic E-state index is 12.1. The van der Waals surface area contributed by atoms with Gasteiger partial charge in [0.15, 0.2) is 11.5 Å². The van der Waals surface area contributed by atoms with Crippen molar-refractivity contribution in [3.8, 4) is 11.5 Å². The lowest BCUT2D eigenvalue weighted by Crippen LogP contribution is -2.40. The molecule has 0 bridgehead atoms. The third-order valence-electron chi connectivity index (χ3n) is 3.04. The lowest BCUT2D eigenvalue weighted by atomic mass is 10.1. The summed E-state index contributed by atoms with van der Waals surface area (Å²) < 4.78 is 0. The number of hydrogen-bond donors (Lipinski definition) is 3. The number of carboxylic acids is 1. The Morgan fingerprint density at radius 2 is 2.00 bits per heavy atom. The number of rotatable bonds is 2. The summed E-state index contributed by atoms with van der Waals surface area (Å²) in [6, 6.07) is 3.17. The van der Waals surface area contributed by atoms with E-state index in [1.165, 1.54) is 23.1 Å². The topological polar surface area (TPSA) is 98.1 Å². The highest BCUT2D eigenvalue weighted by Crippen LogP contribution is 2.31. The van der Waals surface area contributed by atoms with Crippen LogP contribution in [0.1, 0.15) is 23.2 Å². The molecule has 0 spiro atoms. The maximum Gasteiger partial charge on any atom is 0.326 e. The van der Waals surface area contributed by atoms with Gasteiger partial charge < -0.3 is 20.2 Å². The van der Waals surface area contributed by atoms with Crippen LogP contribution in [0.15, 0.2) is 18.2 Å². The molecule has 18 heavy (non-hydrogen) atoms. The molecule has 0 radical (unpaired) electrons. The van der Waals surface area contributed by atoms with Crippen LogP contribution in [0.5, 0.6) is 11.5 Å². The summed E-state index contributed by atoms with van der Waals surface area (Å²) in [6.45, 7) is 0.338. The number of aliphatic carboxylic acids is 1.